The maximum Gasteiger partial charge on any atom is 0.191 e. The Kier molecular flexibility index (Phi) is 8.58. The number of aliphatic imine (C=N–C) groups is 1. The Morgan fingerprint density at radius 2 is 2.07 bits per heavy atom. The predicted octanol–water partition coefficient (Wildman–Crippen LogP) is 3.46. The van der Waals surface area contributed by atoms with Crippen LogP contribution in [0.15, 0.2) is 39.1 Å². The maximum absolute atomic E-state index is 5.97. The quantitative estimate of drug-likeness (QED) is 0.482. The zero-order chi connectivity index (χ0) is 20.5. The van der Waals surface area contributed by atoms with Gasteiger partial charge in [-0.2, -0.15) is 0 Å². The number of nitrogens with zero attached hydrogens (tertiary/aromatic N) is 2. The summed E-state index contributed by atoms with van der Waals surface area (Å²) in [5.74, 6) is 3.32. The molecule has 2 atom stereocenters. The standard InChI is InChI=1S/C22H34N4O2S/c1-4-23-22(24-15-17(2)14-19-6-5-13-29-19)25-16-20(21-8-7-18(3)28-21)26-9-11-27-12-10-26/h5-8,13,17,20H,4,9-12,14-16H2,1-3H3,(H2,23,24,25). The van der Waals surface area contributed by atoms with E-state index in [1.165, 1.54) is 4.88 Å². The molecule has 3 rings (SSSR count). The first-order valence-corrected chi connectivity index (χ1v) is 11.5. The van der Waals surface area contributed by atoms with E-state index in [4.69, 9.17) is 14.1 Å². The van der Waals surface area contributed by atoms with Gasteiger partial charge in [0.25, 0.3) is 0 Å². The van der Waals surface area contributed by atoms with Crippen molar-refractivity contribution in [1.29, 1.82) is 0 Å². The number of nitrogens with one attached hydrogen (secondary N) is 2. The van der Waals surface area contributed by atoms with Gasteiger partial charge in [-0.1, -0.05) is 13.0 Å². The summed E-state index contributed by atoms with van der Waals surface area (Å²) in [7, 11) is 0. The largest absolute Gasteiger partial charge is 0.465 e. The third-order valence-electron chi connectivity index (χ3n) is 5.07. The van der Waals surface area contributed by atoms with Crippen LogP contribution in [-0.2, 0) is 11.2 Å². The van der Waals surface area contributed by atoms with Crippen LogP contribution in [0.1, 0.15) is 36.3 Å². The van der Waals surface area contributed by atoms with Gasteiger partial charge in [-0.05, 0) is 49.8 Å². The summed E-state index contributed by atoms with van der Waals surface area (Å²) in [4.78, 5) is 8.69. The summed E-state index contributed by atoms with van der Waals surface area (Å²) >= 11 is 1.82. The molecule has 29 heavy (non-hydrogen) atoms. The number of ether oxygens (including phenoxy) is 1. The molecule has 1 aliphatic heterocycles. The molecule has 0 bridgehead atoms. The van der Waals surface area contributed by atoms with Crippen molar-refractivity contribution in [1.82, 2.24) is 15.5 Å². The summed E-state index contributed by atoms with van der Waals surface area (Å²) in [5.41, 5.74) is 0. The molecule has 0 aliphatic carbocycles. The van der Waals surface area contributed by atoms with Gasteiger partial charge in [-0.15, -0.1) is 11.3 Å². The first-order valence-electron chi connectivity index (χ1n) is 10.6. The van der Waals surface area contributed by atoms with Crippen LogP contribution in [0.25, 0.3) is 0 Å². The Labute approximate surface area is 178 Å². The van der Waals surface area contributed by atoms with Gasteiger partial charge in [0.05, 0.1) is 19.3 Å². The summed E-state index contributed by atoms with van der Waals surface area (Å²) < 4.78 is 11.5. The van der Waals surface area contributed by atoms with Gasteiger partial charge in [-0.25, -0.2) is 0 Å². The second-order valence-electron chi connectivity index (χ2n) is 7.60. The molecule has 7 heteroatoms. The first kappa shape index (κ1) is 21.9. The highest BCUT2D eigenvalue weighted by Gasteiger charge is 2.25. The molecule has 1 fully saturated rings. The average Bonchev–Trinajstić information content (AvgIpc) is 3.39. The van der Waals surface area contributed by atoms with E-state index < -0.39 is 0 Å². The maximum atomic E-state index is 5.97. The Morgan fingerprint density at radius 1 is 1.24 bits per heavy atom. The number of morpholine rings is 1. The zero-order valence-electron chi connectivity index (χ0n) is 17.8. The highest BCUT2D eigenvalue weighted by atomic mass is 32.1. The van der Waals surface area contributed by atoms with Crippen LogP contribution < -0.4 is 10.6 Å². The van der Waals surface area contributed by atoms with Crippen molar-refractivity contribution >= 4 is 17.3 Å². The lowest BCUT2D eigenvalue weighted by Gasteiger charge is -2.33. The second kappa shape index (κ2) is 11.4. The van der Waals surface area contributed by atoms with Gasteiger partial charge in [0.15, 0.2) is 5.96 Å². The monoisotopic (exact) mass is 418 g/mol. The molecule has 1 saturated heterocycles. The highest BCUT2D eigenvalue weighted by molar-refractivity contribution is 7.09. The van der Waals surface area contributed by atoms with E-state index in [2.05, 4.69) is 53.0 Å². The minimum atomic E-state index is 0.167. The minimum absolute atomic E-state index is 0.167. The summed E-state index contributed by atoms with van der Waals surface area (Å²) in [5, 5.41) is 9.06. The molecule has 2 aromatic heterocycles. The van der Waals surface area contributed by atoms with Gasteiger partial charge < -0.3 is 19.8 Å². The fourth-order valence-corrected chi connectivity index (χ4v) is 4.42. The van der Waals surface area contributed by atoms with Crippen molar-refractivity contribution in [2.45, 2.75) is 33.2 Å². The lowest BCUT2D eigenvalue weighted by Crippen LogP contribution is -2.46. The predicted molar refractivity (Wildman–Crippen MR) is 120 cm³/mol. The van der Waals surface area contributed by atoms with Crippen LogP contribution in [0.2, 0.25) is 0 Å². The molecule has 160 valence electrons. The molecule has 3 heterocycles. The fourth-order valence-electron chi connectivity index (χ4n) is 3.55. The van der Waals surface area contributed by atoms with Crippen LogP contribution in [0.5, 0.6) is 0 Å². The highest BCUT2D eigenvalue weighted by Crippen LogP contribution is 2.23. The molecule has 0 amide bonds. The van der Waals surface area contributed by atoms with E-state index in [1.54, 1.807) is 0 Å². The third-order valence-corrected chi connectivity index (χ3v) is 5.97. The van der Waals surface area contributed by atoms with Crippen molar-refractivity contribution in [3.05, 3.63) is 46.0 Å². The number of hydrogen-bond acceptors (Lipinski definition) is 5. The molecule has 2 aromatic rings. The molecule has 0 radical (unpaired) electrons. The Morgan fingerprint density at radius 3 is 2.72 bits per heavy atom. The van der Waals surface area contributed by atoms with E-state index in [0.29, 0.717) is 5.92 Å². The van der Waals surface area contributed by atoms with E-state index in [-0.39, 0.29) is 6.04 Å². The summed E-state index contributed by atoms with van der Waals surface area (Å²) in [6.07, 6.45) is 1.07. The van der Waals surface area contributed by atoms with Crippen molar-refractivity contribution < 1.29 is 9.15 Å². The van der Waals surface area contributed by atoms with E-state index in [9.17, 15) is 0 Å². The fraction of sp³-hybridized carbons (Fsp3) is 0.591. The number of thiophene rings is 1. The van der Waals surface area contributed by atoms with Crippen molar-refractivity contribution in [2.24, 2.45) is 10.9 Å². The Balaban J connectivity index is 1.60. The first-order chi connectivity index (χ1) is 14.2. The molecule has 2 unspecified atom stereocenters. The van der Waals surface area contributed by atoms with Gasteiger partial charge in [0.1, 0.15) is 11.5 Å². The van der Waals surface area contributed by atoms with E-state index in [1.807, 2.05) is 24.3 Å². The third kappa shape index (κ3) is 6.87. The molecule has 0 aromatic carbocycles. The zero-order valence-corrected chi connectivity index (χ0v) is 18.6. The number of furan rings is 1. The van der Waals surface area contributed by atoms with Crippen LogP contribution in [-0.4, -0.2) is 56.8 Å². The summed E-state index contributed by atoms with van der Waals surface area (Å²) in [6, 6.07) is 8.61. The number of guanidine groups is 1. The molecule has 2 N–H and O–H groups in total. The van der Waals surface area contributed by atoms with Crippen LogP contribution in [0.4, 0.5) is 0 Å². The van der Waals surface area contributed by atoms with Crippen LogP contribution in [0, 0.1) is 12.8 Å². The number of aryl methyl sites for hydroxylation is 1. The molecular formula is C22H34N4O2S. The number of hydrogen-bond donors (Lipinski definition) is 2. The Hall–Kier alpha value is -1.83. The average molecular weight is 419 g/mol. The molecule has 0 spiro atoms. The normalized spacial score (nSPS) is 17.8. The molecule has 0 saturated carbocycles. The lowest BCUT2D eigenvalue weighted by molar-refractivity contribution is 0.0124. The van der Waals surface area contributed by atoms with Gasteiger partial charge >= 0.3 is 0 Å². The van der Waals surface area contributed by atoms with Crippen LogP contribution >= 0.6 is 11.3 Å². The molecule has 1 aliphatic rings. The Bertz CT molecular complexity index is 738. The summed E-state index contributed by atoms with van der Waals surface area (Å²) in [6.45, 7) is 12.1. The topological polar surface area (TPSA) is 62.0 Å². The van der Waals surface area contributed by atoms with Gasteiger partial charge in [-0.3, -0.25) is 9.89 Å². The lowest BCUT2D eigenvalue weighted by atomic mass is 10.1. The van der Waals surface area contributed by atoms with Gasteiger partial charge in [0.2, 0.25) is 0 Å². The van der Waals surface area contributed by atoms with E-state index in [0.717, 1.165) is 69.8 Å². The second-order valence-corrected chi connectivity index (χ2v) is 8.63. The van der Waals surface area contributed by atoms with Crippen molar-refractivity contribution in [2.75, 3.05) is 45.9 Å². The minimum Gasteiger partial charge on any atom is -0.465 e. The van der Waals surface area contributed by atoms with Crippen molar-refractivity contribution in [3.8, 4) is 0 Å². The van der Waals surface area contributed by atoms with Crippen molar-refractivity contribution in [3.63, 3.8) is 0 Å². The number of rotatable bonds is 9. The van der Waals surface area contributed by atoms with Gasteiger partial charge in [0, 0.05) is 37.6 Å². The molecule has 6 nitrogen and oxygen atoms in total. The molecular weight excluding hydrogens is 384 g/mol. The van der Waals surface area contributed by atoms with E-state index >= 15 is 0 Å². The SMILES string of the molecule is CCNC(=NCC(C)Cc1cccs1)NCC(c1ccc(C)o1)N1CCOCC1. The smallest absolute Gasteiger partial charge is 0.191 e. The van der Waals surface area contributed by atoms with Crippen LogP contribution in [0.3, 0.4) is 0 Å².